The highest BCUT2D eigenvalue weighted by molar-refractivity contribution is 5.83. The Balaban J connectivity index is 1.50. The van der Waals surface area contributed by atoms with E-state index in [0.717, 1.165) is 12.1 Å². The van der Waals surface area contributed by atoms with Crippen molar-refractivity contribution in [3.63, 3.8) is 0 Å². The van der Waals surface area contributed by atoms with Crippen LogP contribution in [0, 0.1) is 11.6 Å². The molecule has 0 spiro atoms. The Morgan fingerprint density at radius 3 is 2.75 bits per heavy atom. The number of halogens is 2. The summed E-state index contributed by atoms with van der Waals surface area (Å²) in [5.41, 5.74) is 0.0763. The van der Waals surface area contributed by atoms with Gasteiger partial charge in [0.15, 0.2) is 17.8 Å². The summed E-state index contributed by atoms with van der Waals surface area (Å²) in [6, 6.07) is 3.12. The summed E-state index contributed by atoms with van der Waals surface area (Å²) >= 11 is 0. The van der Waals surface area contributed by atoms with Gasteiger partial charge in [0, 0.05) is 25.6 Å². The Morgan fingerprint density at radius 2 is 2.04 bits per heavy atom. The van der Waals surface area contributed by atoms with Crippen molar-refractivity contribution in [1.82, 2.24) is 9.88 Å². The fourth-order valence-corrected chi connectivity index (χ4v) is 2.80. The molecule has 2 heterocycles. The number of carbonyl (C=O) groups excluding carboxylic acids is 2. The van der Waals surface area contributed by atoms with Crippen LogP contribution in [0.15, 0.2) is 28.8 Å². The van der Waals surface area contributed by atoms with E-state index in [1.165, 1.54) is 19.2 Å². The van der Waals surface area contributed by atoms with Gasteiger partial charge in [-0.3, -0.25) is 9.59 Å². The first kappa shape index (κ1) is 19.9. The van der Waals surface area contributed by atoms with Crippen molar-refractivity contribution in [3.8, 4) is 11.3 Å². The van der Waals surface area contributed by atoms with Gasteiger partial charge in [-0.25, -0.2) is 13.8 Å². The predicted molar refractivity (Wildman–Crippen MR) is 93.1 cm³/mol. The van der Waals surface area contributed by atoms with Gasteiger partial charge >= 0.3 is 5.97 Å². The average molecular weight is 394 g/mol. The molecule has 0 aliphatic carbocycles. The van der Waals surface area contributed by atoms with Crippen molar-refractivity contribution in [2.75, 3.05) is 26.3 Å². The highest BCUT2D eigenvalue weighted by atomic mass is 19.1. The molecule has 1 aliphatic heterocycles. The largest absolute Gasteiger partial charge is 0.453 e. The molecule has 0 saturated carbocycles. The van der Waals surface area contributed by atoms with E-state index in [0.29, 0.717) is 26.3 Å². The van der Waals surface area contributed by atoms with Gasteiger partial charge < -0.3 is 18.8 Å². The van der Waals surface area contributed by atoms with Crippen molar-refractivity contribution in [3.05, 3.63) is 41.9 Å². The summed E-state index contributed by atoms with van der Waals surface area (Å²) in [6.07, 6.45) is 0.493. The fourth-order valence-electron chi connectivity index (χ4n) is 2.80. The first-order valence-electron chi connectivity index (χ1n) is 8.90. The molecule has 1 aromatic heterocycles. The molecule has 7 nitrogen and oxygen atoms in total. The molecule has 0 bridgehead atoms. The zero-order valence-corrected chi connectivity index (χ0v) is 15.3. The van der Waals surface area contributed by atoms with Crippen molar-refractivity contribution in [2.24, 2.45) is 0 Å². The van der Waals surface area contributed by atoms with Gasteiger partial charge in [0.2, 0.25) is 0 Å². The van der Waals surface area contributed by atoms with Crippen molar-refractivity contribution in [2.45, 2.75) is 25.9 Å². The number of carbonyl (C=O) groups is 2. The number of hydrogen-bond donors (Lipinski definition) is 0. The van der Waals surface area contributed by atoms with E-state index >= 15 is 0 Å². The van der Waals surface area contributed by atoms with E-state index in [-0.39, 0.29) is 36.0 Å². The number of aryl methyl sites for hydroxylation is 1. The summed E-state index contributed by atoms with van der Waals surface area (Å²) in [5, 5.41) is 0. The van der Waals surface area contributed by atoms with Gasteiger partial charge in [0.25, 0.3) is 5.91 Å². The molecule has 28 heavy (non-hydrogen) atoms. The lowest BCUT2D eigenvalue weighted by molar-refractivity contribution is -0.160. The van der Waals surface area contributed by atoms with Crippen LogP contribution < -0.4 is 0 Å². The van der Waals surface area contributed by atoms with Crippen molar-refractivity contribution < 1.29 is 32.3 Å². The number of aromatic nitrogens is 1. The van der Waals surface area contributed by atoms with Gasteiger partial charge in [-0.2, -0.15) is 0 Å². The monoisotopic (exact) mass is 394 g/mol. The third kappa shape index (κ3) is 4.92. The zero-order chi connectivity index (χ0) is 20.1. The maximum atomic E-state index is 13.8. The van der Waals surface area contributed by atoms with Crippen LogP contribution in [-0.2, 0) is 25.5 Å². The minimum Gasteiger partial charge on any atom is -0.453 e. The smallest absolute Gasteiger partial charge is 0.307 e. The lowest BCUT2D eigenvalue weighted by Crippen LogP contribution is -2.46. The number of benzene rings is 1. The number of morpholine rings is 1. The van der Waals surface area contributed by atoms with Gasteiger partial charge in [0.05, 0.1) is 31.4 Å². The van der Waals surface area contributed by atoms with E-state index < -0.39 is 23.7 Å². The van der Waals surface area contributed by atoms with E-state index in [9.17, 15) is 18.4 Å². The highest BCUT2D eigenvalue weighted by Gasteiger charge is 2.25. The van der Waals surface area contributed by atoms with Gasteiger partial charge in [-0.15, -0.1) is 0 Å². The van der Waals surface area contributed by atoms with Gasteiger partial charge in [0.1, 0.15) is 11.6 Å². The first-order chi connectivity index (χ1) is 13.4. The number of hydrogen-bond acceptors (Lipinski definition) is 6. The number of oxazole rings is 1. The number of esters is 1. The van der Waals surface area contributed by atoms with Crippen LogP contribution in [-0.4, -0.2) is 54.2 Å². The van der Waals surface area contributed by atoms with Crippen LogP contribution in [0.2, 0.25) is 0 Å². The molecule has 1 aromatic carbocycles. The molecule has 9 heteroatoms. The normalized spacial score (nSPS) is 15.3. The van der Waals surface area contributed by atoms with Crippen LogP contribution in [0.1, 0.15) is 19.2 Å². The second-order valence-electron chi connectivity index (χ2n) is 6.31. The van der Waals surface area contributed by atoms with Crippen LogP contribution in [0.3, 0.4) is 0 Å². The van der Waals surface area contributed by atoms with E-state index in [2.05, 4.69) is 4.98 Å². The van der Waals surface area contributed by atoms with Crippen LogP contribution in [0.5, 0.6) is 0 Å². The molecule has 1 amide bonds. The molecule has 1 aliphatic rings. The molecule has 3 rings (SSSR count). The standard InChI is InChI=1S/C19H20F2N2O5/c1-12(19(25)23-6-8-26-9-7-23)27-18(24)5-4-17-22-11-16(28-17)14-3-2-13(20)10-15(14)21/h2-3,10-12H,4-9H2,1H3. The molecule has 150 valence electrons. The maximum Gasteiger partial charge on any atom is 0.307 e. The maximum absolute atomic E-state index is 13.8. The number of nitrogens with zero attached hydrogens (tertiary/aromatic N) is 2. The summed E-state index contributed by atoms with van der Waals surface area (Å²) in [6.45, 7) is 3.40. The van der Waals surface area contributed by atoms with Crippen molar-refractivity contribution in [1.29, 1.82) is 0 Å². The number of rotatable bonds is 6. The summed E-state index contributed by atoms with van der Waals surface area (Å²) in [4.78, 5) is 29.8. The Kier molecular flexibility index (Phi) is 6.35. The molecule has 1 unspecified atom stereocenters. The molecule has 0 N–H and O–H groups in total. The van der Waals surface area contributed by atoms with E-state index in [1.807, 2.05) is 0 Å². The zero-order valence-electron chi connectivity index (χ0n) is 15.3. The van der Waals surface area contributed by atoms with Crippen molar-refractivity contribution >= 4 is 11.9 Å². The molecular formula is C19H20F2N2O5. The van der Waals surface area contributed by atoms with Gasteiger partial charge in [-0.05, 0) is 19.1 Å². The van der Waals surface area contributed by atoms with E-state index in [4.69, 9.17) is 13.9 Å². The van der Waals surface area contributed by atoms with E-state index in [1.54, 1.807) is 4.90 Å². The van der Waals surface area contributed by atoms with Crippen LogP contribution in [0.4, 0.5) is 8.78 Å². The summed E-state index contributed by atoms with van der Waals surface area (Å²) in [7, 11) is 0. The molecule has 0 radical (unpaired) electrons. The predicted octanol–water partition coefficient (Wildman–Crippen LogP) is 2.34. The third-order valence-electron chi connectivity index (χ3n) is 4.27. The molecule has 1 fully saturated rings. The first-order valence-corrected chi connectivity index (χ1v) is 8.90. The number of amides is 1. The third-order valence-corrected chi connectivity index (χ3v) is 4.27. The average Bonchev–Trinajstić information content (AvgIpc) is 3.15. The van der Waals surface area contributed by atoms with Crippen LogP contribution >= 0.6 is 0 Å². The minimum atomic E-state index is -0.890. The summed E-state index contributed by atoms with van der Waals surface area (Å²) in [5.74, 6) is -1.94. The Hall–Kier alpha value is -2.81. The summed E-state index contributed by atoms with van der Waals surface area (Å²) < 4.78 is 42.5. The second kappa shape index (κ2) is 8.92. The Morgan fingerprint density at radius 1 is 1.29 bits per heavy atom. The fraction of sp³-hybridized carbons (Fsp3) is 0.421. The van der Waals surface area contributed by atoms with Crippen LogP contribution in [0.25, 0.3) is 11.3 Å². The number of ether oxygens (including phenoxy) is 2. The quantitative estimate of drug-likeness (QED) is 0.700. The molecule has 1 saturated heterocycles. The lowest BCUT2D eigenvalue weighted by Gasteiger charge is -2.28. The Bertz CT molecular complexity index is 849. The second-order valence-corrected chi connectivity index (χ2v) is 6.31. The topological polar surface area (TPSA) is 81.9 Å². The SMILES string of the molecule is CC(OC(=O)CCc1ncc(-c2ccc(F)cc2F)o1)C(=O)N1CCOCC1. The molecule has 1 atom stereocenters. The minimum absolute atomic E-state index is 0.0490. The highest BCUT2D eigenvalue weighted by Crippen LogP contribution is 2.24. The van der Waals surface area contributed by atoms with Gasteiger partial charge in [-0.1, -0.05) is 0 Å². The Labute approximate surface area is 160 Å². The lowest BCUT2D eigenvalue weighted by atomic mass is 10.2. The molecule has 2 aromatic rings. The molecular weight excluding hydrogens is 374 g/mol.